The van der Waals surface area contributed by atoms with Crippen molar-refractivity contribution in [1.29, 1.82) is 0 Å². The smallest absolute Gasteiger partial charge is 0.253 e. The minimum atomic E-state index is -3.70. The number of hydrogen-bond acceptors (Lipinski definition) is 7. The maximum absolute atomic E-state index is 12.5. The number of nitrogens with zero attached hydrogens (tertiary/aromatic N) is 3. The molecule has 0 aliphatic carbocycles. The summed E-state index contributed by atoms with van der Waals surface area (Å²) in [6.45, 7) is 4.60. The van der Waals surface area contributed by atoms with E-state index < -0.39 is 21.7 Å². The van der Waals surface area contributed by atoms with Crippen molar-refractivity contribution in [3.8, 4) is 0 Å². The second kappa shape index (κ2) is 8.45. The van der Waals surface area contributed by atoms with Crippen LogP contribution in [0.2, 0.25) is 5.02 Å². The Kier molecular flexibility index (Phi) is 6.26. The van der Waals surface area contributed by atoms with Gasteiger partial charge in [0.25, 0.3) is 5.56 Å². The predicted molar refractivity (Wildman–Crippen MR) is 122 cm³/mol. The van der Waals surface area contributed by atoms with E-state index in [-0.39, 0.29) is 23.9 Å². The van der Waals surface area contributed by atoms with Crippen LogP contribution < -0.4 is 15.2 Å². The average Bonchev–Trinajstić information content (AvgIpc) is 2.64. The van der Waals surface area contributed by atoms with Gasteiger partial charge in [-0.05, 0) is 45.0 Å². The maximum Gasteiger partial charge on any atom is 0.253 e. The number of anilines is 2. The summed E-state index contributed by atoms with van der Waals surface area (Å²) < 4.78 is 25.5. The van der Waals surface area contributed by atoms with Gasteiger partial charge in [0.1, 0.15) is 5.82 Å². The van der Waals surface area contributed by atoms with E-state index in [2.05, 4.69) is 20.3 Å². The van der Waals surface area contributed by atoms with Crippen LogP contribution in [-0.4, -0.2) is 46.9 Å². The molecule has 11 heteroatoms. The number of nitrogens with one attached hydrogen (secondary N) is 2. The van der Waals surface area contributed by atoms with Gasteiger partial charge in [-0.1, -0.05) is 11.6 Å². The van der Waals surface area contributed by atoms with Gasteiger partial charge in [-0.2, -0.15) is 4.98 Å². The SMILES string of the molecule is C[C@H](Nc1nccc(N(CC(C)(C)O)S(C)(=O)=O)n1)c1cc2cc(Cl)ccc2[nH]c1=O. The predicted octanol–water partition coefficient (Wildman–Crippen LogP) is 2.68. The number of sulfonamides is 1. The number of aliphatic hydroxyl groups is 1. The second-order valence-corrected chi connectivity index (χ2v) is 10.3. The summed E-state index contributed by atoms with van der Waals surface area (Å²) in [6, 6.07) is 7.87. The quantitative estimate of drug-likeness (QED) is 0.489. The molecular weight excluding hydrogens is 442 g/mol. The van der Waals surface area contributed by atoms with E-state index in [9.17, 15) is 18.3 Å². The normalized spacial score (nSPS) is 13.2. The lowest BCUT2D eigenvalue weighted by molar-refractivity contribution is 0.0908. The third-order valence-corrected chi connectivity index (χ3v) is 5.83. The molecule has 3 N–H and O–H groups in total. The molecule has 1 atom stereocenters. The van der Waals surface area contributed by atoms with Crippen molar-refractivity contribution >= 4 is 44.3 Å². The van der Waals surface area contributed by atoms with Gasteiger partial charge in [-0.25, -0.2) is 13.4 Å². The van der Waals surface area contributed by atoms with Crippen molar-refractivity contribution in [2.75, 3.05) is 22.4 Å². The van der Waals surface area contributed by atoms with Crippen molar-refractivity contribution < 1.29 is 13.5 Å². The maximum atomic E-state index is 12.5. The molecule has 0 radical (unpaired) electrons. The summed E-state index contributed by atoms with van der Waals surface area (Å²) in [7, 11) is -3.70. The van der Waals surface area contributed by atoms with E-state index in [1.165, 1.54) is 26.1 Å². The monoisotopic (exact) mass is 465 g/mol. The summed E-state index contributed by atoms with van der Waals surface area (Å²) in [5.74, 6) is 0.244. The van der Waals surface area contributed by atoms with Crippen LogP contribution in [0.1, 0.15) is 32.4 Å². The lowest BCUT2D eigenvalue weighted by Gasteiger charge is -2.28. The van der Waals surface area contributed by atoms with Gasteiger partial charge in [0, 0.05) is 33.8 Å². The van der Waals surface area contributed by atoms with E-state index in [0.29, 0.717) is 16.1 Å². The van der Waals surface area contributed by atoms with Crippen LogP contribution in [0.5, 0.6) is 0 Å². The molecule has 0 unspecified atom stereocenters. The number of rotatable bonds is 7. The van der Waals surface area contributed by atoms with Crippen molar-refractivity contribution in [1.82, 2.24) is 15.0 Å². The molecule has 0 saturated heterocycles. The van der Waals surface area contributed by atoms with Crippen LogP contribution in [0.4, 0.5) is 11.8 Å². The second-order valence-electron chi connectivity index (χ2n) is 7.97. The molecule has 0 aliphatic heterocycles. The van der Waals surface area contributed by atoms with Crippen molar-refractivity contribution in [3.05, 3.63) is 57.5 Å². The molecular formula is C20H24ClN5O4S. The van der Waals surface area contributed by atoms with Crippen LogP contribution in [0.15, 0.2) is 41.3 Å². The number of H-pyrrole nitrogens is 1. The number of pyridine rings is 1. The van der Waals surface area contributed by atoms with Gasteiger partial charge in [0.2, 0.25) is 16.0 Å². The number of benzene rings is 1. The minimum Gasteiger partial charge on any atom is -0.389 e. The van der Waals surface area contributed by atoms with Crippen LogP contribution in [-0.2, 0) is 10.0 Å². The van der Waals surface area contributed by atoms with Crippen molar-refractivity contribution in [3.63, 3.8) is 0 Å². The minimum absolute atomic E-state index is 0.105. The largest absolute Gasteiger partial charge is 0.389 e. The zero-order chi connectivity index (χ0) is 23.0. The summed E-state index contributed by atoms with van der Waals surface area (Å²) in [5, 5.41) is 14.5. The van der Waals surface area contributed by atoms with Gasteiger partial charge >= 0.3 is 0 Å². The molecule has 0 spiro atoms. The Morgan fingerprint density at radius 1 is 1.29 bits per heavy atom. The van der Waals surface area contributed by atoms with Crippen molar-refractivity contribution in [2.24, 2.45) is 0 Å². The third-order valence-electron chi connectivity index (χ3n) is 4.47. The summed E-state index contributed by atoms with van der Waals surface area (Å²) in [5.41, 5.74) is -0.431. The van der Waals surface area contributed by atoms with Crippen LogP contribution in [0, 0.1) is 0 Å². The van der Waals surface area contributed by atoms with Gasteiger partial charge in [0.05, 0.1) is 24.4 Å². The molecule has 0 amide bonds. The molecule has 0 aliphatic rings. The Labute approximate surface area is 185 Å². The lowest BCUT2D eigenvalue weighted by Crippen LogP contribution is -2.42. The molecule has 3 aromatic rings. The fraction of sp³-hybridized carbons (Fsp3) is 0.350. The molecule has 2 heterocycles. The standard InChI is InChI=1S/C20H24ClN5O4S/c1-12(15-10-13-9-14(21)5-6-16(13)24-18(15)27)23-19-22-8-7-17(25-19)26(31(4,29)30)11-20(2,3)28/h5-10,12,28H,11H2,1-4H3,(H,24,27)(H,22,23,25)/t12-/m0/s1. The highest BCUT2D eigenvalue weighted by Gasteiger charge is 2.27. The van der Waals surface area contributed by atoms with Crippen LogP contribution in [0.3, 0.4) is 0 Å². The number of aromatic nitrogens is 3. The average molecular weight is 466 g/mol. The van der Waals surface area contributed by atoms with Gasteiger partial charge in [-0.3, -0.25) is 9.10 Å². The van der Waals surface area contributed by atoms with E-state index >= 15 is 0 Å². The molecule has 0 bridgehead atoms. The zero-order valence-corrected chi connectivity index (χ0v) is 19.1. The molecule has 9 nitrogen and oxygen atoms in total. The Bertz CT molecular complexity index is 1270. The van der Waals surface area contributed by atoms with Crippen LogP contribution in [0.25, 0.3) is 10.9 Å². The Morgan fingerprint density at radius 2 is 2.00 bits per heavy atom. The van der Waals surface area contributed by atoms with Crippen molar-refractivity contribution in [2.45, 2.75) is 32.4 Å². The Hall–Kier alpha value is -2.69. The number of hydrogen-bond donors (Lipinski definition) is 3. The highest BCUT2D eigenvalue weighted by atomic mass is 35.5. The summed E-state index contributed by atoms with van der Waals surface area (Å²) >= 11 is 6.05. The number of fused-ring (bicyclic) bond motifs is 1. The molecule has 2 aromatic heterocycles. The summed E-state index contributed by atoms with van der Waals surface area (Å²) in [4.78, 5) is 23.8. The zero-order valence-electron chi connectivity index (χ0n) is 17.5. The molecule has 31 heavy (non-hydrogen) atoms. The van der Waals surface area contributed by atoms with E-state index in [0.717, 1.165) is 15.9 Å². The summed E-state index contributed by atoms with van der Waals surface area (Å²) in [6.07, 6.45) is 2.45. The highest BCUT2D eigenvalue weighted by Crippen LogP contribution is 2.23. The van der Waals surface area contributed by atoms with Crippen LogP contribution >= 0.6 is 11.6 Å². The topological polar surface area (TPSA) is 128 Å². The van der Waals surface area contributed by atoms with Gasteiger partial charge in [0.15, 0.2) is 0 Å². The Balaban J connectivity index is 1.92. The first kappa shape index (κ1) is 23.0. The molecule has 1 aromatic carbocycles. The fourth-order valence-corrected chi connectivity index (χ4v) is 4.24. The van der Waals surface area contributed by atoms with Gasteiger partial charge < -0.3 is 15.4 Å². The first-order valence-electron chi connectivity index (χ1n) is 9.46. The van der Waals surface area contributed by atoms with Gasteiger partial charge in [-0.15, -0.1) is 0 Å². The first-order chi connectivity index (χ1) is 14.3. The molecule has 0 fully saturated rings. The Morgan fingerprint density at radius 3 is 2.65 bits per heavy atom. The first-order valence-corrected chi connectivity index (χ1v) is 11.7. The number of halogens is 1. The number of aromatic amines is 1. The molecule has 166 valence electrons. The van der Waals surface area contributed by atoms with E-state index in [1.54, 1.807) is 31.2 Å². The fourth-order valence-electron chi connectivity index (χ4n) is 3.06. The highest BCUT2D eigenvalue weighted by molar-refractivity contribution is 7.92. The third kappa shape index (κ3) is 5.72. The molecule has 0 saturated carbocycles. The van der Waals surface area contributed by atoms with E-state index in [4.69, 9.17) is 11.6 Å². The lowest BCUT2D eigenvalue weighted by atomic mass is 10.1. The molecule has 3 rings (SSSR count). The van der Waals surface area contributed by atoms with E-state index in [1.807, 2.05) is 0 Å².